The summed E-state index contributed by atoms with van der Waals surface area (Å²) >= 11 is 0. The van der Waals surface area contributed by atoms with Crippen LogP contribution in [0, 0.1) is 45.0 Å². The van der Waals surface area contributed by atoms with Crippen molar-refractivity contribution in [2.75, 3.05) is 0 Å². The minimum absolute atomic E-state index is 0.882. The molecular formula is C19H16. The van der Waals surface area contributed by atoms with Gasteiger partial charge in [-0.25, -0.2) is 0 Å². The average Bonchev–Trinajstić information content (AvgIpc) is 2.43. The fourth-order valence-electron chi connectivity index (χ4n) is 1.90. The molecule has 0 bridgehead atoms. The summed E-state index contributed by atoms with van der Waals surface area (Å²) in [7, 11) is 0. The van der Waals surface area contributed by atoms with Crippen LogP contribution in [0.3, 0.4) is 0 Å². The molecule has 0 heterocycles. The number of hydrogen-bond acceptors (Lipinski definition) is 0. The van der Waals surface area contributed by atoms with Gasteiger partial charge in [-0.1, -0.05) is 17.8 Å². The van der Waals surface area contributed by atoms with Gasteiger partial charge in [-0.3, -0.25) is 0 Å². The molecule has 0 aliphatic heterocycles. The number of aryl methyl sites for hydroxylation is 2. The Hall–Kier alpha value is -2.44. The van der Waals surface area contributed by atoms with Crippen LogP contribution in [0.1, 0.15) is 33.4 Å². The van der Waals surface area contributed by atoms with Crippen molar-refractivity contribution in [1.29, 1.82) is 0 Å². The zero-order valence-electron chi connectivity index (χ0n) is 11.5. The van der Waals surface area contributed by atoms with Crippen molar-refractivity contribution in [3.8, 4) is 24.2 Å². The van der Waals surface area contributed by atoms with E-state index in [1.165, 1.54) is 16.7 Å². The molecule has 0 fully saturated rings. The van der Waals surface area contributed by atoms with Gasteiger partial charge >= 0.3 is 0 Å². The summed E-state index contributed by atoms with van der Waals surface area (Å²) in [6.45, 7) is 6.38. The molecule has 0 unspecified atom stereocenters. The monoisotopic (exact) mass is 244 g/mol. The topological polar surface area (TPSA) is 0 Å². The second-order valence-corrected chi connectivity index (χ2v) is 4.71. The van der Waals surface area contributed by atoms with E-state index in [1.807, 2.05) is 24.3 Å². The first-order valence-corrected chi connectivity index (χ1v) is 6.26. The summed E-state index contributed by atoms with van der Waals surface area (Å²) in [4.78, 5) is 0. The molecule has 0 amide bonds. The molecule has 0 heteroatoms. The third kappa shape index (κ3) is 3.06. The first-order valence-electron chi connectivity index (χ1n) is 6.26. The van der Waals surface area contributed by atoms with E-state index in [4.69, 9.17) is 6.42 Å². The van der Waals surface area contributed by atoms with Crippen molar-refractivity contribution in [3.05, 3.63) is 69.8 Å². The molecule has 0 aliphatic rings. The summed E-state index contributed by atoms with van der Waals surface area (Å²) in [5.41, 5.74) is 6.83. The maximum atomic E-state index is 5.33. The van der Waals surface area contributed by atoms with E-state index < -0.39 is 0 Å². The first kappa shape index (κ1) is 13.0. The van der Waals surface area contributed by atoms with Crippen LogP contribution in [-0.2, 0) is 0 Å². The van der Waals surface area contributed by atoms with Crippen LogP contribution in [0.5, 0.6) is 0 Å². The van der Waals surface area contributed by atoms with Gasteiger partial charge in [0, 0.05) is 16.7 Å². The van der Waals surface area contributed by atoms with Crippen LogP contribution in [-0.4, -0.2) is 0 Å². The average molecular weight is 244 g/mol. The van der Waals surface area contributed by atoms with Gasteiger partial charge in [0.1, 0.15) is 0 Å². The Labute approximate surface area is 115 Å². The molecule has 92 valence electrons. The molecule has 2 aromatic rings. The molecule has 19 heavy (non-hydrogen) atoms. The molecule has 0 spiro atoms. The quantitative estimate of drug-likeness (QED) is 0.615. The highest BCUT2D eigenvalue weighted by Gasteiger charge is 1.98. The van der Waals surface area contributed by atoms with E-state index in [0.29, 0.717) is 0 Å². The van der Waals surface area contributed by atoms with Crippen molar-refractivity contribution < 1.29 is 0 Å². The molecular weight excluding hydrogens is 228 g/mol. The molecule has 0 saturated carbocycles. The second kappa shape index (κ2) is 5.47. The highest BCUT2D eigenvalue weighted by molar-refractivity contribution is 5.48. The molecule has 0 aromatic heterocycles. The SMILES string of the molecule is C#Cc1ccc(C#Cc2cc(C)c(C)c(C)c2)cc1. The van der Waals surface area contributed by atoms with Gasteiger partial charge in [-0.05, 0) is 73.9 Å². The lowest BCUT2D eigenvalue weighted by molar-refractivity contribution is 1.26. The Balaban J connectivity index is 2.31. The molecule has 0 N–H and O–H groups in total. The lowest BCUT2D eigenvalue weighted by Crippen LogP contribution is -1.88. The van der Waals surface area contributed by atoms with Crippen molar-refractivity contribution in [2.24, 2.45) is 0 Å². The zero-order valence-corrected chi connectivity index (χ0v) is 11.5. The standard InChI is InChI=1S/C19H16/c1-5-17-6-8-18(9-7-17)10-11-19-12-14(2)16(4)15(3)13-19/h1,6-9,12-13H,2-4H3. The smallest absolute Gasteiger partial charge is 0.0254 e. The van der Waals surface area contributed by atoms with E-state index in [9.17, 15) is 0 Å². The minimum atomic E-state index is 0.882. The van der Waals surface area contributed by atoms with E-state index >= 15 is 0 Å². The van der Waals surface area contributed by atoms with Gasteiger partial charge in [0.2, 0.25) is 0 Å². The third-order valence-electron chi connectivity index (χ3n) is 3.33. The van der Waals surface area contributed by atoms with E-state index in [1.54, 1.807) is 0 Å². The summed E-state index contributed by atoms with van der Waals surface area (Å²) in [5.74, 6) is 8.97. The second-order valence-electron chi connectivity index (χ2n) is 4.71. The van der Waals surface area contributed by atoms with Crippen molar-refractivity contribution in [2.45, 2.75) is 20.8 Å². The number of benzene rings is 2. The van der Waals surface area contributed by atoms with Gasteiger partial charge in [0.15, 0.2) is 0 Å². The van der Waals surface area contributed by atoms with E-state index in [0.717, 1.165) is 16.7 Å². The lowest BCUT2D eigenvalue weighted by Gasteiger charge is -2.04. The van der Waals surface area contributed by atoms with Gasteiger partial charge in [-0.15, -0.1) is 6.42 Å². The predicted molar refractivity (Wildman–Crippen MR) is 81.0 cm³/mol. The highest BCUT2D eigenvalue weighted by atomic mass is 14.0. The number of terminal acetylenes is 1. The Morgan fingerprint density at radius 3 is 1.74 bits per heavy atom. The third-order valence-corrected chi connectivity index (χ3v) is 3.33. The predicted octanol–water partition coefficient (Wildman–Crippen LogP) is 3.99. The van der Waals surface area contributed by atoms with E-state index in [2.05, 4.69) is 50.7 Å². The van der Waals surface area contributed by atoms with Crippen molar-refractivity contribution in [1.82, 2.24) is 0 Å². The maximum absolute atomic E-state index is 5.33. The molecule has 0 saturated heterocycles. The molecule has 2 aromatic carbocycles. The van der Waals surface area contributed by atoms with Crippen molar-refractivity contribution in [3.63, 3.8) is 0 Å². The summed E-state index contributed by atoms with van der Waals surface area (Å²) in [6, 6.07) is 12.0. The van der Waals surface area contributed by atoms with Crippen LogP contribution in [0.25, 0.3) is 0 Å². The molecule has 0 atom stereocenters. The van der Waals surface area contributed by atoms with Crippen LogP contribution in [0.4, 0.5) is 0 Å². The summed E-state index contributed by atoms with van der Waals surface area (Å²) in [6.07, 6.45) is 5.33. The minimum Gasteiger partial charge on any atom is -0.115 e. The lowest BCUT2D eigenvalue weighted by atomic mass is 10.0. The Kier molecular flexibility index (Phi) is 3.74. The first-order chi connectivity index (χ1) is 9.10. The normalized spacial score (nSPS) is 9.37. The Morgan fingerprint density at radius 2 is 1.21 bits per heavy atom. The fraction of sp³-hybridized carbons (Fsp3) is 0.158. The number of hydrogen-bond donors (Lipinski definition) is 0. The maximum Gasteiger partial charge on any atom is 0.0254 e. The highest BCUT2D eigenvalue weighted by Crippen LogP contribution is 2.14. The summed E-state index contributed by atoms with van der Waals surface area (Å²) < 4.78 is 0. The van der Waals surface area contributed by atoms with Crippen molar-refractivity contribution >= 4 is 0 Å². The van der Waals surface area contributed by atoms with Gasteiger partial charge < -0.3 is 0 Å². The Bertz CT molecular complexity index is 675. The van der Waals surface area contributed by atoms with Crippen LogP contribution in [0.15, 0.2) is 36.4 Å². The molecule has 0 aliphatic carbocycles. The number of rotatable bonds is 0. The van der Waals surface area contributed by atoms with Gasteiger partial charge in [-0.2, -0.15) is 0 Å². The largest absolute Gasteiger partial charge is 0.115 e. The van der Waals surface area contributed by atoms with Crippen LogP contribution >= 0.6 is 0 Å². The van der Waals surface area contributed by atoms with E-state index in [-0.39, 0.29) is 0 Å². The molecule has 0 radical (unpaired) electrons. The molecule has 2 rings (SSSR count). The summed E-state index contributed by atoms with van der Waals surface area (Å²) in [5, 5.41) is 0. The Morgan fingerprint density at radius 1 is 0.737 bits per heavy atom. The molecule has 0 nitrogen and oxygen atoms in total. The zero-order chi connectivity index (χ0) is 13.8. The van der Waals surface area contributed by atoms with Crippen LogP contribution in [0.2, 0.25) is 0 Å². The fourth-order valence-corrected chi connectivity index (χ4v) is 1.90. The van der Waals surface area contributed by atoms with Gasteiger partial charge in [0.05, 0.1) is 0 Å². The van der Waals surface area contributed by atoms with Crippen LogP contribution < -0.4 is 0 Å². The van der Waals surface area contributed by atoms with Gasteiger partial charge in [0.25, 0.3) is 0 Å².